The van der Waals surface area contributed by atoms with Crippen LogP contribution >= 0.6 is 7.82 Å². The van der Waals surface area contributed by atoms with Gasteiger partial charge >= 0.3 is 0 Å². The van der Waals surface area contributed by atoms with Crippen molar-refractivity contribution in [2.75, 3.05) is 34.5 Å². The third-order valence-electron chi connectivity index (χ3n) is 3.28. The molecule has 0 heterocycles. The first-order chi connectivity index (χ1) is 9.91. The van der Waals surface area contributed by atoms with Gasteiger partial charge in [0.2, 0.25) is 0 Å². The molecule has 0 amide bonds. The van der Waals surface area contributed by atoms with Crippen molar-refractivity contribution in [1.82, 2.24) is 0 Å². The van der Waals surface area contributed by atoms with Gasteiger partial charge in [-0.05, 0) is 19.3 Å². The summed E-state index contributed by atoms with van der Waals surface area (Å²) in [7, 11) is 0.136. The van der Waals surface area contributed by atoms with Crippen LogP contribution < -0.4 is 10.6 Å². The number of hydrogen-bond acceptors (Lipinski definition) is 6. The van der Waals surface area contributed by atoms with Crippen molar-refractivity contribution < 1.29 is 33.7 Å². The summed E-state index contributed by atoms with van der Waals surface area (Å²) >= 11 is 0. The molecular formula is C13H32NO6P. The summed E-state index contributed by atoms with van der Waals surface area (Å²) in [6, 6.07) is 0. The third kappa shape index (κ3) is 8.26. The van der Waals surface area contributed by atoms with E-state index < -0.39 is 13.4 Å². The molecule has 0 aliphatic carbocycles. The molecule has 0 aromatic rings. The summed E-state index contributed by atoms with van der Waals surface area (Å²) in [5.74, 6) is 0. The van der Waals surface area contributed by atoms with Crippen molar-refractivity contribution in [2.45, 2.75) is 51.7 Å². The first-order valence-electron chi connectivity index (χ1n) is 7.30. The van der Waals surface area contributed by atoms with Gasteiger partial charge in [0.1, 0.15) is 5.60 Å². The molecular weight excluding hydrogens is 297 g/mol. The van der Waals surface area contributed by atoms with Crippen molar-refractivity contribution in [3.05, 3.63) is 0 Å². The molecule has 0 aliphatic heterocycles. The van der Waals surface area contributed by atoms with E-state index in [9.17, 15) is 9.46 Å². The van der Waals surface area contributed by atoms with E-state index in [1.807, 2.05) is 20.8 Å². The maximum atomic E-state index is 11.6. The SMILES string of the molecule is CCC(OCCOC)C(CC)(CC)OP(=O)([O-])OC.C[NH3+]. The predicted molar refractivity (Wildman–Crippen MR) is 79.7 cm³/mol. The van der Waals surface area contributed by atoms with E-state index in [4.69, 9.17) is 14.0 Å². The Bertz CT molecular complexity index is 286. The highest BCUT2D eigenvalue weighted by Gasteiger charge is 2.39. The van der Waals surface area contributed by atoms with E-state index in [-0.39, 0.29) is 6.10 Å². The molecule has 0 fully saturated rings. The van der Waals surface area contributed by atoms with Gasteiger partial charge in [0.15, 0.2) is 0 Å². The highest BCUT2D eigenvalue weighted by molar-refractivity contribution is 7.45. The van der Waals surface area contributed by atoms with E-state index in [0.717, 1.165) is 7.11 Å². The zero-order valence-electron chi connectivity index (χ0n) is 14.2. The maximum absolute atomic E-state index is 11.6. The molecule has 0 saturated heterocycles. The molecule has 2 atom stereocenters. The summed E-state index contributed by atoms with van der Waals surface area (Å²) < 4.78 is 31.9. The molecule has 0 aromatic heterocycles. The number of ether oxygens (including phenoxy) is 2. The van der Waals surface area contributed by atoms with E-state index in [1.54, 1.807) is 14.2 Å². The van der Waals surface area contributed by atoms with Gasteiger partial charge < -0.3 is 29.1 Å². The van der Waals surface area contributed by atoms with Crippen molar-refractivity contribution in [3.63, 3.8) is 0 Å². The molecule has 0 aliphatic rings. The highest BCUT2D eigenvalue weighted by atomic mass is 31.2. The second-order valence-electron chi connectivity index (χ2n) is 4.25. The standard InChI is InChI=1S/C12H27O6P.CH5N/c1-6-11(17-10-9-15-4)12(7-2,8-3)18-19(13,14)16-5;1-2/h11H,6-10H2,1-5H3,(H,13,14);2H2,1H3. The number of phosphoric acid groups is 1. The van der Waals surface area contributed by atoms with Crippen LogP contribution in [0.25, 0.3) is 0 Å². The Labute approximate surface area is 128 Å². The van der Waals surface area contributed by atoms with E-state index in [0.29, 0.717) is 32.5 Å². The van der Waals surface area contributed by atoms with Crippen LogP contribution in [0.3, 0.4) is 0 Å². The summed E-state index contributed by atoms with van der Waals surface area (Å²) in [4.78, 5) is 11.6. The molecule has 21 heavy (non-hydrogen) atoms. The largest absolute Gasteiger partial charge is 0.756 e. The van der Waals surface area contributed by atoms with Crippen molar-refractivity contribution in [1.29, 1.82) is 0 Å². The van der Waals surface area contributed by atoms with Gasteiger partial charge in [0.25, 0.3) is 7.82 Å². The van der Waals surface area contributed by atoms with E-state index >= 15 is 0 Å². The zero-order valence-corrected chi connectivity index (χ0v) is 15.1. The third-order valence-corrected chi connectivity index (χ3v) is 4.31. The monoisotopic (exact) mass is 329 g/mol. The first kappa shape index (κ1) is 23.3. The summed E-state index contributed by atoms with van der Waals surface area (Å²) in [5.41, 5.74) is 2.36. The minimum Gasteiger partial charge on any atom is -0.756 e. The fraction of sp³-hybridized carbons (Fsp3) is 1.00. The lowest BCUT2D eigenvalue weighted by molar-refractivity contribution is -0.325. The fourth-order valence-corrected chi connectivity index (χ4v) is 2.96. The molecule has 3 N–H and O–H groups in total. The minimum absolute atomic E-state index is 0.324. The lowest BCUT2D eigenvalue weighted by atomic mass is 9.89. The molecule has 8 heteroatoms. The second kappa shape index (κ2) is 12.5. The van der Waals surface area contributed by atoms with Crippen molar-refractivity contribution in [3.8, 4) is 0 Å². The molecule has 0 aromatic carbocycles. The average molecular weight is 329 g/mol. The van der Waals surface area contributed by atoms with Gasteiger partial charge in [0, 0.05) is 14.2 Å². The van der Waals surface area contributed by atoms with Gasteiger partial charge in [-0.3, -0.25) is 4.57 Å². The van der Waals surface area contributed by atoms with Crippen molar-refractivity contribution >= 4 is 7.82 Å². The summed E-state index contributed by atoms with van der Waals surface area (Å²) in [6.45, 7) is 6.54. The normalized spacial score (nSPS) is 15.8. The van der Waals surface area contributed by atoms with Gasteiger partial charge in [-0.25, -0.2) is 0 Å². The molecule has 2 unspecified atom stereocenters. The van der Waals surface area contributed by atoms with Crippen LogP contribution in [0, 0.1) is 0 Å². The van der Waals surface area contributed by atoms with Crippen molar-refractivity contribution in [2.24, 2.45) is 0 Å². The Hall–Kier alpha value is -0.0100. The number of phosphoric ester groups is 1. The van der Waals surface area contributed by atoms with Crippen LogP contribution in [-0.2, 0) is 23.1 Å². The summed E-state index contributed by atoms with van der Waals surface area (Å²) in [5, 5.41) is 0. The zero-order chi connectivity index (χ0) is 16.9. The van der Waals surface area contributed by atoms with Gasteiger partial charge in [-0.2, -0.15) is 0 Å². The van der Waals surface area contributed by atoms with Gasteiger partial charge in [-0.15, -0.1) is 0 Å². The quantitative estimate of drug-likeness (QED) is 0.447. The number of hydrogen-bond donors (Lipinski definition) is 1. The Morgan fingerprint density at radius 1 is 1.14 bits per heavy atom. The van der Waals surface area contributed by atoms with Crippen LogP contribution in [0.15, 0.2) is 0 Å². The maximum Gasteiger partial charge on any atom is 0.268 e. The molecule has 7 nitrogen and oxygen atoms in total. The van der Waals surface area contributed by atoms with Crippen LogP contribution in [0.2, 0.25) is 0 Å². The Balaban J connectivity index is 0. The fourth-order valence-electron chi connectivity index (χ4n) is 2.07. The van der Waals surface area contributed by atoms with Crippen LogP contribution in [-0.4, -0.2) is 46.2 Å². The molecule has 0 spiro atoms. The highest BCUT2D eigenvalue weighted by Crippen LogP contribution is 2.46. The van der Waals surface area contributed by atoms with Crippen LogP contribution in [0.4, 0.5) is 0 Å². The number of quaternary nitrogens is 1. The molecule has 0 saturated carbocycles. The minimum atomic E-state index is -4.30. The predicted octanol–water partition coefficient (Wildman–Crippen LogP) is 0.976. The summed E-state index contributed by atoms with van der Waals surface area (Å²) in [6.07, 6.45) is 1.36. The molecule has 0 radical (unpaired) electrons. The smallest absolute Gasteiger partial charge is 0.268 e. The van der Waals surface area contributed by atoms with Gasteiger partial charge in [0.05, 0.1) is 26.4 Å². The average Bonchev–Trinajstić information content (AvgIpc) is 2.51. The topological polar surface area (TPSA) is 105 Å². The molecule has 130 valence electrons. The molecule has 0 rings (SSSR count). The van der Waals surface area contributed by atoms with Crippen LogP contribution in [0.1, 0.15) is 40.0 Å². The van der Waals surface area contributed by atoms with Crippen LogP contribution in [0.5, 0.6) is 0 Å². The number of methoxy groups -OCH3 is 1. The van der Waals surface area contributed by atoms with E-state index in [2.05, 4.69) is 10.3 Å². The van der Waals surface area contributed by atoms with Gasteiger partial charge in [-0.1, -0.05) is 20.8 Å². The first-order valence-corrected chi connectivity index (χ1v) is 8.76. The molecule has 0 bridgehead atoms. The lowest BCUT2D eigenvalue weighted by Crippen LogP contribution is -2.46. The van der Waals surface area contributed by atoms with E-state index in [1.165, 1.54) is 0 Å². The Morgan fingerprint density at radius 2 is 1.67 bits per heavy atom. The lowest BCUT2D eigenvalue weighted by Gasteiger charge is -2.42. The second-order valence-corrected chi connectivity index (χ2v) is 5.70. The Kier molecular flexibility index (Phi) is 13.9. The number of rotatable bonds is 11. The Morgan fingerprint density at radius 3 is 2.00 bits per heavy atom.